The Morgan fingerprint density at radius 1 is 1.32 bits per heavy atom. The molecule has 2 rings (SSSR count). The van der Waals surface area contributed by atoms with Crippen molar-refractivity contribution < 1.29 is 14.3 Å². The van der Waals surface area contributed by atoms with Gasteiger partial charge in [0.15, 0.2) is 0 Å². The summed E-state index contributed by atoms with van der Waals surface area (Å²) < 4.78 is 10.8. The first-order valence-electron chi connectivity index (χ1n) is 7.64. The maximum atomic E-state index is 11.7. The van der Waals surface area contributed by atoms with E-state index in [0.29, 0.717) is 25.2 Å². The molecule has 0 saturated heterocycles. The second kappa shape index (κ2) is 7.25. The van der Waals surface area contributed by atoms with Crippen LogP contribution in [0, 0.1) is 5.92 Å². The van der Waals surface area contributed by atoms with E-state index in [2.05, 4.69) is 12.2 Å². The van der Waals surface area contributed by atoms with Gasteiger partial charge in [0.05, 0.1) is 13.2 Å². The normalized spacial score (nSPS) is 28.9. The summed E-state index contributed by atoms with van der Waals surface area (Å²) in [5, 5.41) is 3.33. The zero-order chi connectivity index (χ0) is 13.7. The summed E-state index contributed by atoms with van der Waals surface area (Å²) in [5.74, 6) is 0.618. The molecule has 0 bridgehead atoms. The third-order valence-electron chi connectivity index (χ3n) is 4.15. The van der Waals surface area contributed by atoms with Gasteiger partial charge in [-0.1, -0.05) is 19.8 Å². The Kier molecular flexibility index (Phi) is 5.64. The standard InChI is InChI=1S/C15H27NO3/c1-11-4-3-5-13(10-11)19-9-8-14(15(17)18-2)16-12-6-7-12/h11-14,16H,3-10H2,1-2H3. The SMILES string of the molecule is COC(=O)C(CCOC1CCCC(C)C1)NC1CC1. The molecule has 3 unspecified atom stereocenters. The largest absolute Gasteiger partial charge is 0.468 e. The van der Waals surface area contributed by atoms with E-state index < -0.39 is 0 Å². The van der Waals surface area contributed by atoms with Gasteiger partial charge in [-0.05, 0) is 38.0 Å². The molecule has 2 aliphatic carbocycles. The highest BCUT2D eigenvalue weighted by atomic mass is 16.5. The van der Waals surface area contributed by atoms with E-state index in [0.717, 1.165) is 5.92 Å². The zero-order valence-corrected chi connectivity index (χ0v) is 12.2. The lowest BCUT2D eigenvalue weighted by Crippen LogP contribution is -2.40. The van der Waals surface area contributed by atoms with Crippen LogP contribution in [0.1, 0.15) is 51.9 Å². The summed E-state index contributed by atoms with van der Waals surface area (Å²) in [5.41, 5.74) is 0. The number of carbonyl (C=O) groups excluding carboxylic acids is 1. The van der Waals surface area contributed by atoms with Crippen LogP contribution < -0.4 is 5.32 Å². The molecule has 1 N–H and O–H groups in total. The van der Waals surface area contributed by atoms with Crippen LogP contribution in [0.5, 0.6) is 0 Å². The fourth-order valence-corrected chi connectivity index (χ4v) is 2.83. The Hall–Kier alpha value is -0.610. The number of esters is 1. The third kappa shape index (κ3) is 5.11. The maximum absolute atomic E-state index is 11.7. The van der Waals surface area contributed by atoms with Crippen molar-refractivity contribution in [3.63, 3.8) is 0 Å². The molecule has 110 valence electrons. The van der Waals surface area contributed by atoms with Crippen molar-refractivity contribution in [3.05, 3.63) is 0 Å². The molecule has 0 aromatic carbocycles. The molecule has 2 aliphatic rings. The molecular weight excluding hydrogens is 242 g/mol. The van der Waals surface area contributed by atoms with Gasteiger partial charge in [0, 0.05) is 12.6 Å². The Balaban J connectivity index is 1.67. The second-order valence-electron chi connectivity index (χ2n) is 6.07. The quantitative estimate of drug-likeness (QED) is 0.720. The lowest BCUT2D eigenvalue weighted by Gasteiger charge is -2.27. The van der Waals surface area contributed by atoms with Crippen molar-refractivity contribution in [3.8, 4) is 0 Å². The smallest absolute Gasteiger partial charge is 0.322 e. The van der Waals surface area contributed by atoms with Gasteiger partial charge in [0.1, 0.15) is 6.04 Å². The van der Waals surface area contributed by atoms with Gasteiger partial charge in [-0.15, -0.1) is 0 Å². The zero-order valence-electron chi connectivity index (χ0n) is 12.2. The van der Waals surface area contributed by atoms with Crippen molar-refractivity contribution in [2.24, 2.45) is 5.92 Å². The topological polar surface area (TPSA) is 47.6 Å². The Morgan fingerprint density at radius 2 is 2.11 bits per heavy atom. The molecule has 0 spiro atoms. The number of hydrogen-bond acceptors (Lipinski definition) is 4. The first kappa shape index (κ1) is 14.8. The van der Waals surface area contributed by atoms with E-state index in [4.69, 9.17) is 9.47 Å². The predicted octanol–water partition coefficient (Wildman–Crippen LogP) is 2.27. The third-order valence-corrected chi connectivity index (χ3v) is 4.15. The van der Waals surface area contributed by atoms with Crippen LogP contribution in [0.3, 0.4) is 0 Å². The van der Waals surface area contributed by atoms with Crippen LogP contribution in [0.4, 0.5) is 0 Å². The monoisotopic (exact) mass is 269 g/mol. The van der Waals surface area contributed by atoms with Gasteiger partial charge in [-0.2, -0.15) is 0 Å². The van der Waals surface area contributed by atoms with E-state index >= 15 is 0 Å². The Labute approximate surface area is 116 Å². The van der Waals surface area contributed by atoms with Crippen molar-refractivity contribution in [2.75, 3.05) is 13.7 Å². The summed E-state index contributed by atoms with van der Waals surface area (Å²) in [4.78, 5) is 11.7. The Morgan fingerprint density at radius 3 is 2.74 bits per heavy atom. The first-order chi connectivity index (χ1) is 9.19. The average Bonchev–Trinajstić information content (AvgIpc) is 3.21. The highest BCUT2D eigenvalue weighted by Gasteiger charge is 2.29. The average molecular weight is 269 g/mol. The number of ether oxygens (including phenoxy) is 2. The summed E-state index contributed by atoms with van der Waals surface area (Å²) >= 11 is 0. The van der Waals surface area contributed by atoms with E-state index in [1.165, 1.54) is 45.6 Å². The van der Waals surface area contributed by atoms with Gasteiger partial charge in [0.25, 0.3) is 0 Å². The number of nitrogens with one attached hydrogen (secondary N) is 1. The summed E-state index contributed by atoms with van der Waals surface area (Å²) in [6.07, 6.45) is 8.39. The van der Waals surface area contributed by atoms with Crippen LogP contribution in [0.2, 0.25) is 0 Å². The van der Waals surface area contributed by atoms with Crippen LogP contribution >= 0.6 is 0 Å². The van der Waals surface area contributed by atoms with E-state index in [9.17, 15) is 4.79 Å². The van der Waals surface area contributed by atoms with Gasteiger partial charge in [-0.3, -0.25) is 4.79 Å². The molecular formula is C15H27NO3. The molecule has 2 fully saturated rings. The molecule has 4 nitrogen and oxygen atoms in total. The van der Waals surface area contributed by atoms with E-state index in [1.54, 1.807) is 0 Å². The Bertz CT molecular complexity index is 291. The van der Waals surface area contributed by atoms with Crippen LogP contribution in [-0.4, -0.2) is 37.9 Å². The lowest BCUT2D eigenvalue weighted by atomic mass is 9.89. The summed E-state index contributed by atoms with van der Waals surface area (Å²) in [6.45, 7) is 2.94. The maximum Gasteiger partial charge on any atom is 0.322 e. The predicted molar refractivity (Wildman–Crippen MR) is 74.0 cm³/mol. The highest BCUT2D eigenvalue weighted by Crippen LogP contribution is 2.26. The van der Waals surface area contributed by atoms with Crippen molar-refractivity contribution in [1.82, 2.24) is 5.32 Å². The van der Waals surface area contributed by atoms with Gasteiger partial charge < -0.3 is 14.8 Å². The van der Waals surface area contributed by atoms with Gasteiger partial charge >= 0.3 is 5.97 Å². The summed E-state index contributed by atoms with van der Waals surface area (Å²) in [6, 6.07) is 0.317. The van der Waals surface area contributed by atoms with Gasteiger partial charge in [-0.25, -0.2) is 0 Å². The molecule has 19 heavy (non-hydrogen) atoms. The second-order valence-corrected chi connectivity index (χ2v) is 6.07. The molecule has 4 heteroatoms. The van der Waals surface area contributed by atoms with Crippen LogP contribution in [-0.2, 0) is 14.3 Å². The van der Waals surface area contributed by atoms with Crippen molar-refractivity contribution in [2.45, 2.75) is 70.1 Å². The number of methoxy groups -OCH3 is 1. The molecule has 0 amide bonds. The fraction of sp³-hybridized carbons (Fsp3) is 0.933. The molecule has 0 aromatic heterocycles. The number of carbonyl (C=O) groups is 1. The summed E-state index contributed by atoms with van der Waals surface area (Å²) in [7, 11) is 1.45. The fourth-order valence-electron chi connectivity index (χ4n) is 2.83. The molecule has 2 saturated carbocycles. The van der Waals surface area contributed by atoms with Crippen molar-refractivity contribution >= 4 is 5.97 Å². The molecule has 3 atom stereocenters. The minimum atomic E-state index is -0.196. The molecule has 0 aromatic rings. The molecule has 0 radical (unpaired) electrons. The highest BCUT2D eigenvalue weighted by molar-refractivity contribution is 5.75. The number of hydrogen-bond donors (Lipinski definition) is 1. The van der Waals surface area contributed by atoms with Crippen LogP contribution in [0.25, 0.3) is 0 Å². The first-order valence-corrected chi connectivity index (χ1v) is 7.64. The molecule has 0 aliphatic heterocycles. The van der Waals surface area contributed by atoms with E-state index in [1.807, 2.05) is 0 Å². The molecule has 0 heterocycles. The number of rotatable bonds is 7. The van der Waals surface area contributed by atoms with E-state index in [-0.39, 0.29) is 12.0 Å². The van der Waals surface area contributed by atoms with Gasteiger partial charge in [0.2, 0.25) is 0 Å². The van der Waals surface area contributed by atoms with Crippen molar-refractivity contribution in [1.29, 1.82) is 0 Å². The lowest BCUT2D eigenvalue weighted by molar-refractivity contribution is -0.144. The van der Waals surface area contributed by atoms with Crippen LogP contribution in [0.15, 0.2) is 0 Å². The minimum absolute atomic E-state index is 0.160. The minimum Gasteiger partial charge on any atom is -0.468 e.